The number of ketones is 1. The van der Waals surface area contributed by atoms with E-state index in [1.807, 2.05) is 91.8 Å². The molecule has 0 amide bonds. The van der Waals surface area contributed by atoms with Gasteiger partial charge in [-0.15, -0.1) is 0 Å². The Morgan fingerprint density at radius 2 is 1.16 bits per heavy atom. The van der Waals surface area contributed by atoms with Crippen molar-refractivity contribution in [2.75, 3.05) is 0 Å². The number of carbonyl (C=O) groups excluding carboxylic acids is 1. The van der Waals surface area contributed by atoms with Crippen molar-refractivity contribution in [2.24, 2.45) is 0 Å². The lowest BCUT2D eigenvalue weighted by molar-refractivity contribution is -0.119. The molecular formula is C34H42N4O7. The van der Waals surface area contributed by atoms with Crippen molar-refractivity contribution in [1.82, 2.24) is 19.5 Å². The maximum absolute atomic E-state index is 12.3. The highest BCUT2D eigenvalue weighted by molar-refractivity contribution is 5.78. The predicted octanol–water partition coefficient (Wildman–Crippen LogP) is 5.64. The Labute approximate surface area is 261 Å². The van der Waals surface area contributed by atoms with Crippen LogP contribution >= 0.6 is 0 Å². The van der Waals surface area contributed by atoms with Crippen LogP contribution in [0.2, 0.25) is 0 Å². The highest BCUT2D eigenvalue weighted by Crippen LogP contribution is 2.29. The van der Waals surface area contributed by atoms with E-state index in [9.17, 15) is 24.0 Å². The number of hydrogen-bond donors (Lipinski definition) is 3. The second-order valence-corrected chi connectivity index (χ2v) is 11.8. The topological polar surface area (TPSA) is 156 Å². The third kappa shape index (κ3) is 9.04. The molecule has 3 N–H and O–H groups in total. The Hall–Kier alpha value is -4.93. The van der Waals surface area contributed by atoms with Crippen LogP contribution in [0.3, 0.4) is 0 Å². The minimum atomic E-state index is -0.643. The van der Waals surface area contributed by atoms with E-state index in [1.54, 1.807) is 6.92 Å². The highest BCUT2D eigenvalue weighted by atomic mass is 16.5. The van der Waals surface area contributed by atoms with Gasteiger partial charge in [0.15, 0.2) is 5.78 Å². The maximum atomic E-state index is 12.3. The number of Topliss-reactive ketones (excluding diaryl/α,β-unsaturated/α-hetero) is 1. The van der Waals surface area contributed by atoms with Gasteiger partial charge in [0.1, 0.15) is 11.5 Å². The van der Waals surface area contributed by atoms with Crippen molar-refractivity contribution in [3.8, 4) is 23.3 Å². The first-order valence-corrected chi connectivity index (χ1v) is 14.9. The van der Waals surface area contributed by atoms with Crippen LogP contribution in [-0.4, -0.2) is 25.3 Å². The van der Waals surface area contributed by atoms with Gasteiger partial charge in [-0.05, 0) is 86.1 Å². The minimum Gasteiger partial charge on any atom is -0.440 e. The summed E-state index contributed by atoms with van der Waals surface area (Å²) in [5, 5.41) is 0. The van der Waals surface area contributed by atoms with Crippen LogP contribution in [0, 0.1) is 27.7 Å². The minimum absolute atomic E-state index is 0.0588. The fraction of sp³-hybridized carbons (Fsp3) is 0.382. The van der Waals surface area contributed by atoms with Crippen molar-refractivity contribution in [3.05, 3.63) is 111 Å². The summed E-state index contributed by atoms with van der Waals surface area (Å²) in [5.41, 5.74) is 2.79. The molecule has 2 aromatic carbocycles. The van der Waals surface area contributed by atoms with Crippen molar-refractivity contribution >= 4 is 5.78 Å². The molecule has 4 aromatic rings. The molecule has 4 rings (SSSR count). The van der Waals surface area contributed by atoms with Gasteiger partial charge in [0.2, 0.25) is 11.8 Å². The molecule has 45 heavy (non-hydrogen) atoms. The number of benzene rings is 2. The zero-order chi connectivity index (χ0) is 33.6. The third-order valence-corrected chi connectivity index (χ3v) is 6.84. The third-order valence-electron chi connectivity index (χ3n) is 6.84. The number of hydrogen-bond acceptors (Lipinski definition) is 7. The van der Waals surface area contributed by atoms with E-state index < -0.39 is 22.5 Å². The standard InChI is InChI=1S/C19H24N2O4.C15H18N2O3/c1-6-14(22)10-21-18(16(11(2)3)17(23)20-19(21)24)25-15-8-12(4)7-13(5)9-15;1-8(2)12-13(18)16-15(19)17-14(12)20-11-6-9(3)5-10(4)7-11/h7-9,11H,6,10H2,1-5H3,(H,20,23,24);5-8H,1-4H3,(H2,16,17,18,19). The Morgan fingerprint density at radius 3 is 1.62 bits per heavy atom. The van der Waals surface area contributed by atoms with Crippen LogP contribution in [0.15, 0.2) is 55.6 Å². The lowest BCUT2D eigenvalue weighted by Gasteiger charge is -2.18. The van der Waals surface area contributed by atoms with Crippen LogP contribution in [0.4, 0.5) is 0 Å². The molecule has 0 bridgehead atoms. The van der Waals surface area contributed by atoms with Crippen molar-refractivity contribution < 1.29 is 14.3 Å². The molecule has 11 heteroatoms. The summed E-state index contributed by atoms with van der Waals surface area (Å²) < 4.78 is 12.9. The average Bonchev–Trinajstić information content (AvgIpc) is 2.89. The quantitative estimate of drug-likeness (QED) is 0.219. The van der Waals surface area contributed by atoms with E-state index in [-0.39, 0.29) is 35.9 Å². The number of aromatic nitrogens is 4. The second-order valence-electron chi connectivity index (χ2n) is 11.8. The molecule has 0 fully saturated rings. The maximum Gasteiger partial charge on any atom is 0.331 e. The molecule has 0 saturated heterocycles. The van der Waals surface area contributed by atoms with Gasteiger partial charge in [-0.25, -0.2) is 9.59 Å². The summed E-state index contributed by atoms with van der Waals surface area (Å²) in [6.45, 7) is 16.8. The Morgan fingerprint density at radius 1 is 0.689 bits per heavy atom. The number of nitrogens with zero attached hydrogens (tertiary/aromatic N) is 1. The van der Waals surface area contributed by atoms with Crippen LogP contribution < -0.4 is 32.0 Å². The number of carbonyl (C=O) groups is 1. The molecule has 0 aliphatic rings. The van der Waals surface area contributed by atoms with Gasteiger partial charge >= 0.3 is 11.4 Å². The second kappa shape index (κ2) is 14.7. The molecule has 2 heterocycles. The van der Waals surface area contributed by atoms with Crippen molar-refractivity contribution in [3.63, 3.8) is 0 Å². The van der Waals surface area contributed by atoms with E-state index in [0.717, 1.165) is 22.3 Å². The number of ether oxygens (including phenoxy) is 2. The predicted molar refractivity (Wildman–Crippen MR) is 174 cm³/mol. The molecule has 0 spiro atoms. The number of nitrogens with one attached hydrogen (secondary N) is 3. The van der Waals surface area contributed by atoms with Crippen LogP contribution in [0.5, 0.6) is 23.3 Å². The molecule has 0 atom stereocenters. The Bertz CT molecular complexity index is 1890. The number of H-pyrrole nitrogens is 3. The van der Waals surface area contributed by atoms with E-state index in [0.29, 0.717) is 29.0 Å². The average molecular weight is 619 g/mol. The molecule has 0 aliphatic carbocycles. The highest BCUT2D eigenvalue weighted by Gasteiger charge is 2.21. The van der Waals surface area contributed by atoms with Gasteiger partial charge in [0.05, 0.1) is 17.7 Å². The van der Waals surface area contributed by atoms with Crippen LogP contribution in [-0.2, 0) is 11.3 Å². The SMILES string of the molecule is CCC(=O)Cn1c(Oc2cc(C)cc(C)c2)c(C(C)C)c(=O)[nH]c1=O.Cc1cc(C)cc(Oc2[nH]c(=O)[nH]c(=O)c2C(C)C)c1. The van der Waals surface area contributed by atoms with E-state index in [2.05, 4.69) is 15.0 Å². The zero-order valence-electron chi connectivity index (χ0n) is 27.3. The summed E-state index contributed by atoms with van der Waals surface area (Å²) in [6.07, 6.45) is 0.297. The van der Waals surface area contributed by atoms with Crippen LogP contribution in [0.1, 0.15) is 86.3 Å². The normalized spacial score (nSPS) is 10.9. The Kier molecular flexibility index (Phi) is 11.3. The summed E-state index contributed by atoms with van der Waals surface area (Å²) >= 11 is 0. The lowest BCUT2D eigenvalue weighted by atomic mass is 10.1. The first-order valence-electron chi connectivity index (χ1n) is 14.9. The number of aryl methyl sites for hydroxylation is 4. The fourth-order valence-electron chi connectivity index (χ4n) is 4.91. The molecular weight excluding hydrogens is 576 g/mol. The zero-order valence-corrected chi connectivity index (χ0v) is 27.3. The van der Waals surface area contributed by atoms with Gasteiger partial charge < -0.3 is 9.47 Å². The number of aromatic amines is 3. The summed E-state index contributed by atoms with van der Waals surface area (Å²) in [6, 6.07) is 11.4. The van der Waals surface area contributed by atoms with E-state index >= 15 is 0 Å². The van der Waals surface area contributed by atoms with Crippen LogP contribution in [0.25, 0.3) is 0 Å². The van der Waals surface area contributed by atoms with E-state index in [4.69, 9.17) is 9.47 Å². The van der Waals surface area contributed by atoms with E-state index in [1.165, 1.54) is 4.57 Å². The molecule has 0 unspecified atom stereocenters. The molecule has 2 aromatic heterocycles. The monoisotopic (exact) mass is 618 g/mol. The van der Waals surface area contributed by atoms with Gasteiger partial charge in [0, 0.05) is 6.42 Å². The van der Waals surface area contributed by atoms with Crippen molar-refractivity contribution in [1.29, 1.82) is 0 Å². The molecule has 0 saturated carbocycles. The molecule has 240 valence electrons. The van der Waals surface area contributed by atoms with Gasteiger partial charge in [-0.1, -0.05) is 46.8 Å². The van der Waals surface area contributed by atoms with Gasteiger partial charge in [-0.2, -0.15) is 0 Å². The van der Waals surface area contributed by atoms with Crippen molar-refractivity contribution in [2.45, 2.75) is 87.1 Å². The molecule has 0 radical (unpaired) electrons. The summed E-state index contributed by atoms with van der Waals surface area (Å²) in [4.78, 5) is 66.8. The molecule has 0 aliphatic heterocycles. The van der Waals surface area contributed by atoms with Gasteiger partial charge in [0.25, 0.3) is 11.1 Å². The summed E-state index contributed by atoms with van der Waals surface area (Å²) in [5.74, 6) is 1.13. The largest absolute Gasteiger partial charge is 0.440 e. The fourth-order valence-corrected chi connectivity index (χ4v) is 4.91. The Balaban J connectivity index is 0.000000251. The van der Waals surface area contributed by atoms with Gasteiger partial charge in [-0.3, -0.25) is 33.9 Å². The first kappa shape index (κ1) is 34.6. The lowest BCUT2D eigenvalue weighted by Crippen LogP contribution is -2.35. The number of rotatable bonds is 9. The smallest absolute Gasteiger partial charge is 0.331 e. The molecule has 11 nitrogen and oxygen atoms in total. The summed E-state index contributed by atoms with van der Waals surface area (Å²) in [7, 11) is 0. The first-order chi connectivity index (χ1) is 21.1.